The van der Waals surface area contributed by atoms with Crippen molar-refractivity contribution in [2.45, 2.75) is 6.04 Å². The average Bonchev–Trinajstić information content (AvgIpc) is 2.36. The number of aliphatic hydroxyl groups excluding tert-OH is 1. The summed E-state index contributed by atoms with van der Waals surface area (Å²) in [6.45, 7) is 0.970. The van der Waals surface area contributed by atoms with Crippen molar-refractivity contribution in [2.24, 2.45) is 0 Å². The number of rotatable bonds is 2. The van der Waals surface area contributed by atoms with Crippen LogP contribution in [-0.2, 0) is 4.74 Å². The quantitative estimate of drug-likeness (QED) is 0.897. The van der Waals surface area contributed by atoms with Gasteiger partial charge in [-0.3, -0.25) is 4.79 Å². The maximum atomic E-state index is 13.3. The molecule has 4 nitrogen and oxygen atoms in total. The highest BCUT2D eigenvalue weighted by molar-refractivity contribution is 9.10. The Hall–Kier alpha value is -0.980. The lowest BCUT2D eigenvalue weighted by molar-refractivity contribution is -0.0184. The van der Waals surface area contributed by atoms with Crippen molar-refractivity contribution in [3.05, 3.63) is 34.1 Å². The Bertz CT molecular complexity index is 435. The number of hydrogen-bond donors (Lipinski definition) is 1. The number of nitrogens with zero attached hydrogens (tertiary/aromatic N) is 1. The van der Waals surface area contributed by atoms with E-state index in [1.54, 1.807) is 6.07 Å². The molecule has 2 rings (SSSR count). The minimum Gasteiger partial charge on any atom is -0.394 e. The van der Waals surface area contributed by atoms with E-state index in [1.165, 1.54) is 17.0 Å². The van der Waals surface area contributed by atoms with E-state index < -0.39 is 5.82 Å². The summed E-state index contributed by atoms with van der Waals surface area (Å²) in [6.07, 6.45) is 0. The normalized spacial score (nSPS) is 19.9. The topological polar surface area (TPSA) is 49.8 Å². The molecule has 6 heteroatoms. The van der Waals surface area contributed by atoms with Crippen LogP contribution in [0.4, 0.5) is 4.39 Å². The first-order chi connectivity index (χ1) is 8.61. The van der Waals surface area contributed by atoms with Gasteiger partial charge in [-0.25, -0.2) is 4.39 Å². The van der Waals surface area contributed by atoms with E-state index >= 15 is 0 Å². The van der Waals surface area contributed by atoms with Crippen LogP contribution in [0.25, 0.3) is 0 Å². The lowest BCUT2D eigenvalue weighted by atomic mass is 10.1. The number of benzene rings is 1. The molecule has 1 unspecified atom stereocenters. The van der Waals surface area contributed by atoms with E-state index in [4.69, 9.17) is 4.74 Å². The number of ether oxygens (including phenoxy) is 1. The molecule has 1 saturated heterocycles. The highest BCUT2D eigenvalue weighted by Crippen LogP contribution is 2.18. The molecule has 0 spiro atoms. The standard InChI is InChI=1S/C12H13BrFNO3/c13-9-3-8(4-10(14)5-9)12(17)15-1-2-18-7-11(15)6-16/h3-5,11,16H,1-2,6-7H2. The smallest absolute Gasteiger partial charge is 0.254 e. The van der Waals surface area contributed by atoms with Gasteiger partial charge in [0, 0.05) is 16.6 Å². The number of halogens is 2. The van der Waals surface area contributed by atoms with Gasteiger partial charge < -0.3 is 14.7 Å². The molecule has 1 aliphatic rings. The monoisotopic (exact) mass is 317 g/mol. The fourth-order valence-corrected chi connectivity index (χ4v) is 2.38. The van der Waals surface area contributed by atoms with Gasteiger partial charge in [-0.15, -0.1) is 0 Å². The van der Waals surface area contributed by atoms with Crippen LogP contribution in [-0.4, -0.2) is 48.3 Å². The maximum Gasteiger partial charge on any atom is 0.254 e. The largest absolute Gasteiger partial charge is 0.394 e. The molecular formula is C12H13BrFNO3. The Morgan fingerprint density at radius 1 is 1.56 bits per heavy atom. The highest BCUT2D eigenvalue weighted by atomic mass is 79.9. The zero-order chi connectivity index (χ0) is 13.1. The Morgan fingerprint density at radius 3 is 3.00 bits per heavy atom. The van der Waals surface area contributed by atoms with Crippen molar-refractivity contribution < 1.29 is 19.0 Å². The van der Waals surface area contributed by atoms with Crippen LogP contribution in [0.3, 0.4) is 0 Å². The molecule has 0 aliphatic carbocycles. The van der Waals surface area contributed by atoms with E-state index in [0.717, 1.165) is 0 Å². The third kappa shape index (κ3) is 2.88. The van der Waals surface area contributed by atoms with Gasteiger partial charge in [0.15, 0.2) is 0 Å². The first-order valence-electron chi connectivity index (χ1n) is 5.57. The van der Waals surface area contributed by atoms with Crippen LogP contribution in [0.1, 0.15) is 10.4 Å². The van der Waals surface area contributed by atoms with Gasteiger partial charge in [-0.2, -0.15) is 0 Å². The molecule has 1 fully saturated rings. The molecule has 1 heterocycles. The van der Waals surface area contributed by atoms with Gasteiger partial charge in [0.1, 0.15) is 5.82 Å². The van der Waals surface area contributed by atoms with Crippen molar-refractivity contribution in [2.75, 3.05) is 26.4 Å². The summed E-state index contributed by atoms with van der Waals surface area (Å²) in [5.41, 5.74) is 0.266. The molecule has 98 valence electrons. The van der Waals surface area contributed by atoms with E-state index in [2.05, 4.69) is 15.9 Å². The van der Waals surface area contributed by atoms with Crippen molar-refractivity contribution >= 4 is 21.8 Å². The zero-order valence-electron chi connectivity index (χ0n) is 9.60. The minimum absolute atomic E-state index is 0.164. The molecule has 0 bridgehead atoms. The first-order valence-corrected chi connectivity index (χ1v) is 6.37. The number of hydrogen-bond acceptors (Lipinski definition) is 3. The van der Waals surface area contributed by atoms with E-state index in [-0.39, 0.29) is 24.1 Å². The summed E-state index contributed by atoms with van der Waals surface area (Å²) >= 11 is 3.15. The molecule has 0 saturated carbocycles. The Balaban J connectivity index is 2.23. The molecule has 1 aromatic rings. The number of aliphatic hydroxyl groups is 1. The molecule has 18 heavy (non-hydrogen) atoms. The second kappa shape index (κ2) is 5.77. The van der Waals surface area contributed by atoms with Crippen molar-refractivity contribution in [1.82, 2.24) is 4.90 Å². The Labute approximate surface area is 112 Å². The molecule has 1 amide bonds. The Kier molecular flexibility index (Phi) is 4.31. The number of amides is 1. The zero-order valence-corrected chi connectivity index (χ0v) is 11.2. The van der Waals surface area contributed by atoms with Crippen LogP contribution in [0.15, 0.2) is 22.7 Å². The molecule has 1 N–H and O–H groups in total. The average molecular weight is 318 g/mol. The van der Waals surface area contributed by atoms with Crippen LogP contribution in [0.5, 0.6) is 0 Å². The predicted octanol–water partition coefficient (Wildman–Crippen LogP) is 1.42. The number of carbonyl (C=O) groups excluding carboxylic acids is 1. The molecule has 0 aromatic heterocycles. The molecule has 1 aromatic carbocycles. The number of carbonyl (C=O) groups is 1. The van der Waals surface area contributed by atoms with Gasteiger partial charge >= 0.3 is 0 Å². The maximum absolute atomic E-state index is 13.3. The minimum atomic E-state index is -0.471. The number of morpholine rings is 1. The van der Waals surface area contributed by atoms with Gasteiger partial charge in [-0.1, -0.05) is 15.9 Å². The first kappa shape index (κ1) is 13.5. The summed E-state index contributed by atoms with van der Waals surface area (Å²) in [6, 6.07) is 3.68. The van der Waals surface area contributed by atoms with Gasteiger partial charge in [0.05, 0.1) is 25.9 Å². The molecule has 1 aliphatic heterocycles. The predicted molar refractivity (Wildman–Crippen MR) is 66.8 cm³/mol. The summed E-state index contributed by atoms with van der Waals surface area (Å²) in [7, 11) is 0. The lowest BCUT2D eigenvalue weighted by Gasteiger charge is -2.34. The fourth-order valence-electron chi connectivity index (χ4n) is 1.92. The van der Waals surface area contributed by atoms with Crippen LogP contribution >= 0.6 is 15.9 Å². The molecule has 1 atom stereocenters. The van der Waals surface area contributed by atoms with E-state index in [1.807, 2.05) is 0 Å². The fraction of sp³-hybridized carbons (Fsp3) is 0.417. The summed E-state index contributed by atoms with van der Waals surface area (Å²) < 4.78 is 19.0. The van der Waals surface area contributed by atoms with Crippen molar-refractivity contribution in [3.8, 4) is 0 Å². The van der Waals surface area contributed by atoms with E-state index in [9.17, 15) is 14.3 Å². The van der Waals surface area contributed by atoms with Crippen LogP contribution < -0.4 is 0 Å². The van der Waals surface area contributed by atoms with Gasteiger partial charge in [-0.05, 0) is 18.2 Å². The van der Waals surface area contributed by atoms with Crippen molar-refractivity contribution in [1.29, 1.82) is 0 Å². The highest BCUT2D eigenvalue weighted by Gasteiger charge is 2.27. The summed E-state index contributed by atoms with van der Waals surface area (Å²) in [5, 5.41) is 9.21. The van der Waals surface area contributed by atoms with Gasteiger partial charge in [0.25, 0.3) is 5.91 Å². The van der Waals surface area contributed by atoms with Gasteiger partial charge in [0.2, 0.25) is 0 Å². The Morgan fingerprint density at radius 2 is 2.33 bits per heavy atom. The molecule has 0 radical (unpaired) electrons. The van der Waals surface area contributed by atoms with Crippen molar-refractivity contribution in [3.63, 3.8) is 0 Å². The molecular weight excluding hydrogens is 305 g/mol. The van der Waals surface area contributed by atoms with Crippen LogP contribution in [0, 0.1) is 5.82 Å². The summed E-state index contributed by atoms with van der Waals surface area (Å²) in [4.78, 5) is 13.8. The lowest BCUT2D eigenvalue weighted by Crippen LogP contribution is -2.50. The second-order valence-electron chi connectivity index (χ2n) is 4.07. The third-order valence-electron chi connectivity index (χ3n) is 2.81. The SMILES string of the molecule is O=C(c1cc(F)cc(Br)c1)N1CCOCC1CO. The third-order valence-corrected chi connectivity index (χ3v) is 3.27. The van der Waals surface area contributed by atoms with Crippen LogP contribution in [0.2, 0.25) is 0 Å². The summed E-state index contributed by atoms with van der Waals surface area (Å²) in [5.74, 6) is -0.765. The van der Waals surface area contributed by atoms with E-state index in [0.29, 0.717) is 24.2 Å². The second-order valence-corrected chi connectivity index (χ2v) is 4.98.